The Hall–Kier alpha value is -2.95. The molecule has 3 aromatic rings. The van der Waals surface area contributed by atoms with Gasteiger partial charge in [0.1, 0.15) is 6.04 Å². The minimum Gasteiger partial charge on any atom is -0.476 e. The number of carbonyl (C=O) groups is 1. The Bertz CT molecular complexity index is 699. The van der Waals surface area contributed by atoms with Crippen LogP contribution in [-0.4, -0.2) is 26.1 Å². The average molecular weight is 279 g/mol. The van der Waals surface area contributed by atoms with Gasteiger partial charge in [0.25, 0.3) is 0 Å². The maximum atomic E-state index is 11.0. The average Bonchev–Trinajstić information content (AvgIpc) is 3.00. The van der Waals surface area contributed by atoms with Crippen molar-refractivity contribution in [1.82, 2.24) is 15.0 Å². The lowest BCUT2D eigenvalue weighted by Crippen LogP contribution is -2.13. The van der Waals surface area contributed by atoms with Crippen molar-refractivity contribution >= 4 is 5.97 Å². The minimum absolute atomic E-state index is 0.0631. The second-order valence-electron chi connectivity index (χ2n) is 4.61. The van der Waals surface area contributed by atoms with Crippen LogP contribution < -0.4 is 0 Å². The zero-order chi connectivity index (χ0) is 14.7. The molecule has 21 heavy (non-hydrogen) atoms. The van der Waals surface area contributed by atoms with E-state index in [0.717, 1.165) is 11.1 Å². The Morgan fingerprint density at radius 1 is 0.952 bits per heavy atom. The van der Waals surface area contributed by atoms with Gasteiger partial charge in [-0.3, -0.25) is 0 Å². The van der Waals surface area contributed by atoms with Gasteiger partial charge in [0, 0.05) is 0 Å². The number of carboxylic acid groups (broad SMARTS) is 1. The predicted molar refractivity (Wildman–Crippen MR) is 77.1 cm³/mol. The van der Waals surface area contributed by atoms with Crippen molar-refractivity contribution < 1.29 is 9.90 Å². The molecule has 0 spiro atoms. The SMILES string of the molecule is O=C(O)c1cn(C(c2ccccc2)c2ccccc2)nn1. The van der Waals surface area contributed by atoms with E-state index in [2.05, 4.69) is 10.3 Å². The van der Waals surface area contributed by atoms with E-state index in [1.807, 2.05) is 60.7 Å². The summed E-state index contributed by atoms with van der Waals surface area (Å²) in [6.45, 7) is 0. The highest BCUT2D eigenvalue weighted by Crippen LogP contribution is 2.25. The molecule has 0 atom stereocenters. The van der Waals surface area contributed by atoms with Crippen molar-refractivity contribution in [3.05, 3.63) is 83.7 Å². The molecule has 0 aliphatic heterocycles. The van der Waals surface area contributed by atoms with Crippen LogP contribution in [-0.2, 0) is 0 Å². The van der Waals surface area contributed by atoms with Gasteiger partial charge in [-0.1, -0.05) is 65.9 Å². The van der Waals surface area contributed by atoms with E-state index in [1.54, 1.807) is 4.68 Å². The second-order valence-corrected chi connectivity index (χ2v) is 4.61. The zero-order valence-corrected chi connectivity index (χ0v) is 11.1. The van der Waals surface area contributed by atoms with Crippen LogP contribution in [0.15, 0.2) is 66.9 Å². The summed E-state index contributed by atoms with van der Waals surface area (Å²) in [7, 11) is 0. The van der Waals surface area contributed by atoms with Gasteiger partial charge in [0.05, 0.1) is 6.20 Å². The highest BCUT2D eigenvalue weighted by molar-refractivity contribution is 5.84. The molecular formula is C16H13N3O2. The van der Waals surface area contributed by atoms with Crippen molar-refractivity contribution in [1.29, 1.82) is 0 Å². The van der Waals surface area contributed by atoms with E-state index in [4.69, 9.17) is 5.11 Å². The molecule has 1 heterocycles. The fourth-order valence-electron chi connectivity index (χ4n) is 2.27. The topological polar surface area (TPSA) is 68.0 Å². The van der Waals surface area contributed by atoms with Gasteiger partial charge >= 0.3 is 5.97 Å². The summed E-state index contributed by atoms with van der Waals surface area (Å²) in [5.41, 5.74) is 1.97. The van der Waals surface area contributed by atoms with E-state index in [1.165, 1.54) is 6.20 Å². The molecule has 1 N–H and O–H groups in total. The van der Waals surface area contributed by atoms with Gasteiger partial charge in [0.15, 0.2) is 5.69 Å². The summed E-state index contributed by atoms with van der Waals surface area (Å²) in [6, 6.07) is 19.4. The lowest BCUT2D eigenvalue weighted by molar-refractivity contribution is 0.0690. The number of hydrogen-bond acceptors (Lipinski definition) is 3. The molecule has 1 aromatic heterocycles. The van der Waals surface area contributed by atoms with Gasteiger partial charge < -0.3 is 5.11 Å². The van der Waals surface area contributed by atoms with Crippen LogP contribution in [0, 0.1) is 0 Å². The summed E-state index contributed by atoms with van der Waals surface area (Å²) in [5, 5.41) is 16.7. The van der Waals surface area contributed by atoms with Crippen LogP contribution in [0.1, 0.15) is 27.7 Å². The summed E-state index contributed by atoms with van der Waals surface area (Å²) in [4.78, 5) is 11.0. The van der Waals surface area contributed by atoms with Crippen molar-refractivity contribution in [2.75, 3.05) is 0 Å². The summed E-state index contributed by atoms with van der Waals surface area (Å²) in [6.07, 6.45) is 1.45. The fraction of sp³-hybridized carbons (Fsp3) is 0.0625. The Balaban J connectivity index is 2.10. The van der Waals surface area contributed by atoms with E-state index in [9.17, 15) is 4.79 Å². The van der Waals surface area contributed by atoms with E-state index >= 15 is 0 Å². The number of carboxylic acids is 1. The second kappa shape index (κ2) is 5.58. The molecule has 5 heteroatoms. The largest absolute Gasteiger partial charge is 0.476 e. The van der Waals surface area contributed by atoms with E-state index in [0.29, 0.717) is 0 Å². The van der Waals surface area contributed by atoms with Gasteiger partial charge in [-0.25, -0.2) is 9.48 Å². The molecule has 0 bridgehead atoms. The molecule has 5 nitrogen and oxygen atoms in total. The Kier molecular flexibility index (Phi) is 3.47. The molecule has 104 valence electrons. The first-order chi connectivity index (χ1) is 10.3. The standard InChI is InChI=1S/C16H13N3O2/c20-16(21)14-11-19(18-17-14)15(12-7-3-1-4-8-12)13-9-5-2-6-10-13/h1-11,15H,(H,20,21). The molecular weight excluding hydrogens is 266 g/mol. The monoisotopic (exact) mass is 279 g/mol. The van der Waals surface area contributed by atoms with E-state index < -0.39 is 5.97 Å². The van der Waals surface area contributed by atoms with Crippen LogP contribution in [0.25, 0.3) is 0 Å². The highest BCUT2D eigenvalue weighted by Gasteiger charge is 2.19. The molecule has 0 aliphatic rings. The van der Waals surface area contributed by atoms with Gasteiger partial charge in [0.2, 0.25) is 0 Å². The third kappa shape index (κ3) is 2.67. The minimum atomic E-state index is -1.08. The van der Waals surface area contributed by atoms with E-state index in [-0.39, 0.29) is 11.7 Å². The van der Waals surface area contributed by atoms with Gasteiger partial charge in [-0.05, 0) is 11.1 Å². The molecule has 0 unspecified atom stereocenters. The number of rotatable bonds is 4. The van der Waals surface area contributed by atoms with Gasteiger partial charge in [-0.2, -0.15) is 0 Å². The van der Waals surface area contributed by atoms with Crippen LogP contribution in [0.2, 0.25) is 0 Å². The molecule has 0 radical (unpaired) electrons. The molecule has 0 aliphatic carbocycles. The fourth-order valence-corrected chi connectivity index (χ4v) is 2.27. The number of hydrogen-bond donors (Lipinski definition) is 1. The number of nitrogens with zero attached hydrogens (tertiary/aromatic N) is 3. The Labute approximate surface area is 121 Å². The van der Waals surface area contributed by atoms with Crippen LogP contribution in [0.4, 0.5) is 0 Å². The van der Waals surface area contributed by atoms with Crippen molar-refractivity contribution in [2.45, 2.75) is 6.04 Å². The maximum Gasteiger partial charge on any atom is 0.358 e. The lowest BCUT2D eigenvalue weighted by Gasteiger charge is -2.17. The number of aromatic carboxylic acids is 1. The summed E-state index contributed by atoms with van der Waals surface area (Å²) >= 11 is 0. The van der Waals surface area contributed by atoms with Crippen molar-refractivity contribution in [3.8, 4) is 0 Å². The predicted octanol–water partition coefficient (Wildman–Crippen LogP) is 2.61. The summed E-state index contributed by atoms with van der Waals surface area (Å²) in [5.74, 6) is -1.08. The molecule has 0 amide bonds. The molecule has 0 saturated heterocycles. The van der Waals surface area contributed by atoms with Crippen molar-refractivity contribution in [2.24, 2.45) is 0 Å². The zero-order valence-electron chi connectivity index (χ0n) is 11.1. The molecule has 3 rings (SSSR count). The van der Waals surface area contributed by atoms with Crippen LogP contribution in [0.3, 0.4) is 0 Å². The van der Waals surface area contributed by atoms with Crippen LogP contribution >= 0.6 is 0 Å². The van der Waals surface area contributed by atoms with Gasteiger partial charge in [-0.15, -0.1) is 5.10 Å². The molecule has 2 aromatic carbocycles. The first-order valence-electron chi connectivity index (χ1n) is 6.51. The smallest absolute Gasteiger partial charge is 0.358 e. The number of benzene rings is 2. The lowest BCUT2D eigenvalue weighted by atomic mass is 9.99. The quantitative estimate of drug-likeness (QED) is 0.797. The highest BCUT2D eigenvalue weighted by atomic mass is 16.4. The number of aromatic nitrogens is 3. The summed E-state index contributed by atoms with van der Waals surface area (Å²) < 4.78 is 1.58. The Morgan fingerprint density at radius 3 is 1.90 bits per heavy atom. The normalized spacial score (nSPS) is 10.7. The Morgan fingerprint density at radius 2 is 1.48 bits per heavy atom. The van der Waals surface area contributed by atoms with Crippen LogP contribution in [0.5, 0.6) is 0 Å². The first-order valence-corrected chi connectivity index (χ1v) is 6.51. The maximum absolute atomic E-state index is 11.0. The van der Waals surface area contributed by atoms with Crippen molar-refractivity contribution in [3.63, 3.8) is 0 Å². The first kappa shape index (κ1) is 13.1. The third-order valence-corrected chi connectivity index (χ3v) is 3.22. The molecule has 0 saturated carbocycles. The third-order valence-electron chi connectivity index (χ3n) is 3.22. The molecule has 0 fully saturated rings.